The van der Waals surface area contributed by atoms with Crippen molar-refractivity contribution in [1.29, 1.82) is 0 Å². The molecule has 1 aromatic heterocycles. The first kappa shape index (κ1) is 19.7. The molecule has 2 N–H and O–H groups in total. The summed E-state index contributed by atoms with van der Waals surface area (Å²) in [6.45, 7) is 1.99. The maximum absolute atomic E-state index is 12.4. The van der Waals surface area contributed by atoms with Gasteiger partial charge in [0.1, 0.15) is 12.3 Å². The van der Waals surface area contributed by atoms with Gasteiger partial charge >= 0.3 is 0 Å². The number of aromatic nitrogens is 1. The van der Waals surface area contributed by atoms with Gasteiger partial charge in [-0.15, -0.1) is 11.3 Å². The number of phenolic OH excluding ortho intramolecular Hbond substituents is 1. The molecule has 0 bridgehead atoms. The molecule has 0 aliphatic carbocycles. The fourth-order valence-corrected chi connectivity index (χ4v) is 3.72. The van der Waals surface area contributed by atoms with Crippen molar-refractivity contribution < 1.29 is 14.8 Å². The quantitative estimate of drug-likeness (QED) is 0.357. The molecule has 7 nitrogen and oxygen atoms in total. The van der Waals surface area contributed by atoms with E-state index in [0.717, 1.165) is 16.8 Å². The Labute approximate surface area is 170 Å². The first-order valence-corrected chi connectivity index (χ1v) is 9.62. The number of nitro benzene ring substituents is 1. The van der Waals surface area contributed by atoms with Crippen LogP contribution in [-0.4, -0.2) is 20.5 Å². The molecule has 2 aromatic carbocycles. The molecule has 0 radical (unpaired) electrons. The summed E-state index contributed by atoms with van der Waals surface area (Å²) in [5.74, 6) is -0.424. The average Bonchev–Trinajstić information content (AvgIpc) is 3.02. The van der Waals surface area contributed by atoms with Gasteiger partial charge in [0.25, 0.3) is 5.69 Å². The molecule has 0 aliphatic rings. The number of hydrogen-bond donors (Lipinski definition) is 2. The Hall–Kier alpha value is -3.04. The minimum absolute atomic E-state index is 0.0151. The standard InChI is InChI=1S/C19H17N3O4S2/c1-12-2-4-13(5-3-12)16-11-28-19(27)21(16)10-18(24)20-9-14-8-15(22(25)26)6-7-17(14)23/h2-8,11,23H,9-10H2,1H3,(H,20,24). The van der Waals surface area contributed by atoms with Gasteiger partial charge in [-0.25, -0.2) is 0 Å². The lowest BCUT2D eigenvalue weighted by molar-refractivity contribution is -0.384. The van der Waals surface area contributed by atoms with Crippen LogP contribution in [-0.2, 0) is 17.9 Å². The molecule has 0 unspecified atom stereocenters. The predicted octanol–water partition coefficient (Wildman–Crippen LogP) is 4.18. The van der Waals surface area contributed by atoms with Crippen molar-refractivity contribution >= 4 is 35.1 Å². The van der Waals surface area contributed by atoms with Crippen LogP contribution in [0, 0.1) is 21.0 Å². The largest absolute Gasteiger partial charge is 0.508 e. The number of benzene rings is 2. The van der Waals surface area contributed by atoms with E-state index in [1.165, 1.54) is 29.5 Å². The van der Waals surface area contributed by atoms with E-state index in [1.807, 2.05) is 36.6 Å². The van der Waals surface area contributed by atoms with Crippen LogP contribution in [0.5, 0.6) is 5.75 Å². The highest BCUT2D eigenvalue weighted by Crippen LogP contribution is 2.25. The molecule has 0 saturated carbocycles. The zero-order chi connectivity index (χ0) is 20.3. The zero-order valence-corrected chi connectivity index (χ0v) is 16.5. The van der Waals surface area contributed by atoms with E-state index in [0.29, 0.717) is 3.95 Å². The number of nitrogens with zero attached hydrogens (tertiary/aromatic N) is 2. The summed E-state index contributed by atoms with van der Waals surface area (Å²) in [5, 5.41) is 25.3. The minimum atomic E-state index is -0.552. The molecule has 3 rings (SSSR count). The van der Waals surface area contributed by atoms with E-state index < -0.39 is 4.92 Å². The maximum Gasteiger partial charge on any atom is 0.270 e. The van der Waals surface area contributed by atoms with Crippen molar-refractivity contribution in [3.05, 3.63) is 73.0 Å². The monoisotopic (exact) mass is 415 g/mol. The number of rotatable bonds is 6. The van der Waals surface area contributed by atoms with Crippen LogP contribution in [0.3, 0.4) is 0 Å². The Kier molecular flexibility index (Phi) is 5.86. The van der Waals surface area contributed by atoms with Gasteiger partial charge in [0.2, 0.25) is 5.91 Å². The Morgan fingerprint density at radius 2 is 2.00 bits per heavy atom. The number of carbonyl (C=O) groups excluding carboxylic acids is 1. The smallest absolute Gasteiger partial charge is 0.270 e. The van der Waals surface area contributed by atoms with Crippen molar-refractivity contribution in [2.75, 3.05) is 0 Å². The van der Waals surface area contributed by atoms with Crippen LogP contribution in [0.1, 0.15) is 11.1 Å². The second-order valence-corrected chi connectivity index (χ2v) is 7.69. The lowest BCUT2D eigenvalue weighted by Gasteiger charge is -2.11. The number of aromatic hydroxyl groups is 1. The van der Waals surface area contributed by atoms with E-state index in [1.54, 1.807) is 4.57 Å². The van der Waals surface area contributed by atoms with Crippen LogP contribution in [0.25, 0.3) is 11.3 Å². The van der Waals surface area contributed by atoms with Gasteiger partial charge in [-0.1, -0.05) is 29.8 Å². The number of nitro groups is 1. The van der Waals surface area contributed by atoms with Gasteiger partial charge in [0.05, 0.1) is 10.6 Å². The molecule has 3 aromatic rings. The minimum Gasteiger partial charge on any atom is -0.508 e. The third-order valence-corrected chi connectivity index (χ3v) is 5.45. The molecule has 0 saturated heterocycles. The normalized spacial score (nSPS) is 10.6. The number of aryl methyl sites for hydroxylation is 1. The van der Waals surface area contributed by atoms with Crippen LogP contribution in [0.2, 0.25) is 0 Å². The fourth-order valence-electron chi connectivity index (χ4n) is 2.65. The molecule has 28 heavy (non-hydrogen) atoms. The van der Waals surface area contributed by atoms with E-state index >= 15 is 0 Å². The van der Waals surface area contributed by atoms with E-state index in [9.17, 15) is 20.0 Å². The van der Waals surface area contributed by atoms with Gasteiger partial charge < -0.3 is 15.0 Å². The van der Waals surface area contributed by atoms with Crippen molar-refractivity contribution in [3.63, 3.8) is 0 Å². The summed E-state index contributed by atoms with van der Waals surface area (Å²) >= 11 is 6.72. The summed E-state index contributed by atoms with van der Waals surface area (Å²) in [7, 11) is 0. The van der Waals surface area contributed by atoms with Gasteiger partial charge in [0, 0.05) is 29.6 Å². The van der Waals surface area contributed by atoms with Gasteiger partial charge in [-0.2, -0.15) is 0 Å². The number of phenols is 1. The predicted molar refractivity (Wildman–Crippen MR) is 110 cm³/mol. The average molecular weight is 415 g/mol. The van der Waals surface area contributed by atoms with E-state index in [4.69, 9.17) is 12.2 Å². The number of nitrogens with one attached hydrogen (secondary N) is 1. The van der Waals surface area contributed by atoms with Crippen LogP contribution >= 0.6 is 23.6 Å². The van der Waals surface area contributed by atoms with Crippen molar-refractivity contribution in [3.8, 4) is 17.0 Å². The molecule has 9 heteroatoms. The summed E-state index contributed by atoms with van der Waals surface area (Å²) < 4.78 is 2.32. The fraction of sp³-hybridized carbons (Fsp3) is 0.158. The number of non-ortho nitro benzene ring substituents is 1. The first-order chi connectivity index (χ1) is 13.3. The first-order valence-electron chi connectivity index (χ1n) is 8.33. The topological polar surface area (TPSA) is 97.4 Å². The Morgan fingerprint density at radius 1 is 1.29 bits per heavy atom. The Balaban J connectivity index is 1.74. The second kappa shape index (κ2) is 8.32. The third kappa shape index (κ3) is 4.44. The summed E-state index contributed by atoms with van der Waals surface area (Å²) in [6, 6.07) is 11.6. The van der Waals surface area contributed by atoms with Gasteiger partial charge in [0.15, 0.2) is 3.95 Å². The van der Waals surface area contributed by atoms with Crippen LogP contribution in [0.4, 0.5) is 5.69 Å². The second-order valence-electron chi connectivity index (χ2n) is 6.19. The molecule has 1 heterocycles. The highest BCUT2D eigenvalue weighted by Gasteiger charge is 2.14. The van der Waals surface area contributed by atoms with E-state index in [2.05, 4.69) is 5.32 Å². The lowest BCUT2D eigenvalue weighted by Crippen LogP contribution is -2.27. The Bertz CT molecular complexity index is 1090. The van der Waals surface area contributed by atoms with Crippen molar-refractivity contribution in [2.45, 2.75) is 20.0 Å². The molecule has 0 fully saturated rings. The number of amides is 1. The van der Waals surface area contributed by atoms with Crippen molar-refractivity contribution in [2.24, 2.45) is 0 Å². The molecule has 0 aliphatic heterocycles. The summed E-state index contributed by atoms with van der Waals surface area (Å²) in [6.07, 6.45) is 0. The molecular formula is C19H17N3O4S2. The van der Waals surface area contributed by atoms with E-state index in [-0.39, 0.29) is 36.0 Å². The summed E-state index contributed by atoms with van der Waals surface area (Å²) in [4.78, 5) is 22.7. The highest BCUT2D eigenvalue weighted by atomic mass is 32.1. The summed E-state index contributed by atoms with van der Waals surface area (Å²) in [5.41, 5.74) is 3.07. The SMILES string of the molecule is Cc1ccc(-c2csc(=S)n2CC(=O)NCc2cc([N+](=O)[O-])ccc2O)cc1. The molecule has 0 spiro atoms. The number of carbonyl (C=O) groups is 1. The number of thiazole rings is 1. The maximum atomic E-state index is 12.4. The highest BCUT2D eigenvalue weighted by molar-refractivity contribution is 7.73. The van der Waals surface area contributed by atoms with Gasteiger partial charge in [-0.05, 0) is 30.8 Å². The van der Waals surface area contributed by atoms with Crippen LogP contribution < -0.4 is 5.32 Å². The Morgan fingerprint density at radius 3 is 2.68 bits per heavy atom. The molecule has 1 amide bonds. The molecule has 0 atom stereocenters. The number of hydrogen-bond acceptors (Lipinski definition) is 6. The van der Waals surface area contributed by atoms with Gasteiger partial charge in [-0.3, -0.25) is 14.9 Å². The lowest BCUT2D eigenvalue weighted by atomic mass is 10.1. The van der Waals surface area contributed by atoms with Crippen molar-refractivity contribution in [1.82, 2.24) is 9.88 Å². The molecular weight excluding hydrogens is 398 g/mol. The zero-order valence-electron chi connectivity index (χ0n) is 14.9. The molecule has 144 valence electrons. The van der Waals surface area contributed by atoms with Crippen LogP contribution in [0.15, 0.2) is 47.8 Å². The third-order valence-electron chi connectivity index (χ3n) is 4.18.